The molecule has 3 atom stereocenters. The fourth-order valence-electron chi connectivity index (χ4n) is 4.57. The number of likely N-dealkylation sites (tertiary alicyclic amines) is 2. The largest absolute Gasteiger partial charge is 0.342 e. The third-order valence-electron chi connectivity index (χ3n) is 5.50. The van der Waals surface area contributed by atoms with E-state index in [9.17, 15) is 9.59 Å². The van der Waals surface area contributed by atoms with E-state index >= 15 is 0 Å². The summed E-state index contributed by atoms with van der Waals surface area (Å²) >= 11 is 0. The van der Waals surface area contributed by atoms with E-state index in [0.717, 1.165) is 51.7 Å². The van der Waals surface area contributed by atoms with Crippen molar-refractivity contribution in [3.05, 3.63) is 0 Å². The van der Waals surface area contributed by atoms with Gasteiger partial charge in [0.25, 0.3) is 0 Å². The van der Waals surface area contributed by atoms with Gasteiger partial charge in [-0.1, -0.05) is 6.42 Å². The zero-order valence-corrected chi connectivity index (χ0v) is 12.3. The summed E-state index contributed by atoms with van der Waals surface area (Å²) in [6, 6.07) is 0.393. The van der Waals surface area contributed by atoms with Gasteiger partial charge in [0.15, 0.2) is 0 Å². The lowest BCUT2D eigenvalue weighted by molar-refractivity contribution is -0.135. The Morgan fingerprint density at radius 2 is 1.90 bits per heavy atom. The summed E-state index contributed by atoms with van der Waals surface area (Å²) in [5.41, 5.74) is 0. The molecule has 2 amide bonds. The van der Waals surface area contributed by atoms with Crippen LogP contribution in [0.3, 0.4) is 0 Å². The third kappa shape index (κ3) is 2.70. The predicted molar refractivity (Wildman–Crippen MR) is 77.1 cm³/mol. The molecule has 2 aliphatic heterocycles. The minimum atomic E-state index is 0.326. The number of rotatable bonds is 3. The smallest absolute Gasteiger partial charge is 0.222 e. The molecule has 4 nitrogen and oxygen atoms in total. The summed E-state index contributed by atoms with van der Waals surface area (Å²) in [7, 11) is 0. The lowest BCUT2D eigenvalue weighted by atomic mass is 9.72. The number of carbonyl (C=O) groups is 2. The van der Waals surface area contributed by atoms with Crippen molar-refractivity contribution in [2.24, 2.45) is 11.8 Å². The van der Waals surface area contributed by atoms with Crippen LogP contribution in [-0.4, -0.2) is 47.8 Å². The minimum absolute atomic E-state index is 0.326. The normalized spacial score (nSPS) is 34.8. The van der Waals surface area contributed by atoms with E-state index in [1.807, 2.05) is 4.90 Å². The molecule has 3 fully saturated rings. The average Bonchev–Trinajstić information content (AvgIpc) is 2.49. The first-order valence-electron chi connectivity index (χ1n) is 8.28. The van der Waals surface area contributed by atoms with Gasteiger partial charge < -0.3 is 9.80 Å². The summed E-state index contributed by atoms with van der Waals surface area (Å²) in [4.78, 5) is 27.5. The van der Waals surface area contributed by atoms with Gasteiger partial charge in [0.1, 0.15) is 0 Å². The molecule has 20 heavy (non-hydrogen) atoms. The van der Waals surface area contributed by atoms with Crippen LogP contribution in [0.15, 0.2) is 0 Å². The first-order valence-corrected chi connectivity index (χ1v) is 8.28. The van der Waals surface area contributed by atoms with Gasteiger partial charge in [0.2, 0.25) is 12.3 Å². The molecule has 0 aromatic rings. The highest BCUT2D eigenvalue weighted by molar-refractivity contribution is 5.76. The molecular weight excluding hydrogens is 252 g/mol. The maximum Gasteiger partial charge on any atom is 0.222 e. The second-order valence-electron chi connectivity index (χ2n) is 6.72. The van der Waals surface area contributed by atoms with Crippen molar-refractivity contribution in [1.29, 1.82) is 0 Å². The lowest BCUT2D eigenvalue weighted by Gasteiger charge is -2.48. The Hall–Kier alpha value is -1.06. The zero-order chi connectivity index (χ0) is 13.9. The quantitative estimate of drug-likeness (QED) is 0.741. The van der Waals surface area contributed by atoms with Gasteiger partial charge in [-0.25, -0.2) is 0 Å². The SMILES string of the molecule is O=CN1CCC[C@@H]2CCC[C@@H](CN3CCCCC3=O)[C@@H]21. The Balaban J connectivity index is 1.69. The summed E-state index contributed by atoms with van der Waals surface area (Å²) < 4.78 is 0. The molecule has 3 rings (SSSR count). The molecule has 2 saturated heterocycles. The van der Waals surface area contributed by atoms with Gasteiger partial charge in [0, 0.05) is 32.1 Å². The van der Waals surface area contributed by atoms with Gasteiger partial charge >= 0.3 is 0 Å². The van der Waals surface area contributed by atoms with Crippen LogP contribution in [0.1, 0.15) is 51.4 Å². The van der Waals surface area contributed by atoms with Crippen molar-refractivity contribution >= 4 is 12.3 Å². The minimum Gasteiger partial charge on any atom is -0.342 e. The molecule has 0 spiro atoms. The van der Waals surface area contributed by atoms with E-state index in [-0.39, 0.29) is 0 Å². The van der Waals surface area contributed by atoms with Crippen LogP contribution < -0.4 is 0 Å². The lowest BCUT2D eigenvalue weighted by Crippen LogP contribution is -2.54. The zero-order valence-electron chi connectivity index (χ0n) is 12.3. The first kappa shape index (κ1) is 13.9. The Kier molecular flexibility index (Phi) is 4.27. The van der Waals surface area contributed by atoms with E-state index in [1.54, 1.807) is 0 Å². The highest BCUT2D eigenvalue weighted by atomic mass is 16.2. The first-order chi connectivity index (χ1) is 9.79. The van der Waals surface area contributed by atoms with E-state index in [2.05, 4.69) is 4.90 Å². The Labute approximate surface area is 121 Å². The number of nitrogens with zero attached hydrogens (tertiary/aromatic N) is 2. The van der Waals surface area contributed by atoms with Crippen LogP contribution in [0.25, 0.3) is 0 Å². The van der Waals surface area contributed by atoms with E-state index in [4.69, 9.17) is 0 Å². The number of amides is 2. The molecule has 0 N–H and O–H groups in total. The van der Waals surface area contributed by atoms with Gasteiger partial charge in [-0.3, -0.25) is 9.59 Å². The summed E-state index contributed by atoms with van der Waals surface area (Å²) in [5, 5.41) is 0. The van der Waals surface area contributed by atoms with Crippen LogP contribution in [0.2, 0.25) is 0 Å². The molecule has 112 valence electrons. The van der Waals surface area contributed by atoms with E-state index in [0.29, 0.717) is 23.8 Å². The Bertz CT molecular complexity index is 369. The third-order valence-corrected chi connectivity index (χ3v) is 5.50. The van der Waals surface area contributed by atoms with Crippen LogP contribution in [0, 0.1) is 11.8 Å². The van der Waals surface area contributed by atoms with Crippen LogP contribution in [0.4, 0.5) is 0 Å². The van der Waals surface area contributed by atoms with Crippen LogP contribution in [-0.2, 0) is 9.59 Å². The molecule has 3 aliphatic rings. The van der Waals surface area contributed by atoms with Crippen molar-refractivity contribution in [1.82, 2.24) is 9.80 Å². The molecule has 0 bridgehead atoms. The Morgan fingerprint density at radius 1 is 1.05 bits per heavy atom. The number of fused-ring (bicyclic) bond motifs is 1. The number of carbonyl (C=O) groups excluding carboxylic acids is 2. The van der Waals surface area contributed by atoms with Gasteiger partial charge in [0.05, 0.1) is 0 Å². The monoisotopic (exact) mass is 278 g/mol. The average molecular weight is 278 g/mol. The van der Waals surface area contributed by atoms with Crippen LogP contribution >= 0.6 is 0 Å². The summed E-state index contributed by atoms with van der Waals surface area (Å²) in [6.07, 6.45) is 10.1. The van der Waals surface area contributed by atoms with E-state index in [1.165, 1.54) is 25.7 Å². The fourth-order valence-corrected chi connectivity index (χ4v) is 4.57. The van der Waals surface area contributed by atoms with E-state index < -0.39 is 0 Å². The second-order valence-corrected chi connectivity index (χ2v) is 6.72. The molecule has 0 aromatic heterocycles. The second kappa shape index (κ2) is 6.15. The van der Waals surface area contributed by atoms with Gasteiger partial charge in [-0.05, 0) is 50.4 Å². The topological polar surface area (TPSA) is 40.6 Å². The van der Waals surface area contributed by atoms with Gasteiger partial charge in [-0.2, -0.15) is 0 Å². The molecule has 0 aromatic carbocycles. The molecule has 1 aliphatic carbocycles. The van der Waals surface area contributed by atoms with Crippen molar-refractivity contribution in [3.63, 3.8) is 0 Å². The molecule has 2 heterocycles. The molecule has 4 heteroatoms. The molecule has 0 unspecified atom stereocenters. The maximum absolute atomic E-state index is 12.0. The van der Waals surface area contributed by atoms with Crippen molar-refractivity contribution in [2.45, 2.75) is 57.4 Å². The number of hydrogen-bond donors (Lipinski definition) is 0. The number of hydrogen-bond acceptors (Lipinski definition) is 2. The van der Waals surface area contributed by atoms with Crippen LogP contribution in [0.5, 0.6) is 0 Å². The maximum atomic E-state index is 12.0. The van der Waals surface area contributed by atoms with Crippen molar-refractivity contribution in [3.8, 4) is 0 Å². The molecule has 0 radical (unpaired) electrons. The highest BCUT2D eigenvalue weighted by Gasteiger charge is 2.40. The molecular formula is C16H26N2O2. The highest BCUT2D eigenvalue weighted by Crippen LogP contribution is 2.38. The summed E-state index contributed by atoms with van der Waals surface area (Å²) in [5.74, 6) is 1.50. The standard InChI is InChI=1S/C16H26N2O2/c19-12-18-10-4-7-13-5-3-6-14(16(13)18)11-17-9-2-1-8-15(17)20/h12-14,16H,1-11H2/t13-,14-,16+/m0/s1. The fraction of sp³-hybridized carbons (Fsp3) is 0.875. The number of piperidine rings is 2. The van der Waals surface area contributed by atoms with Crippen molar-refractivity contribution < 1.29 is 9.59 Å². The van der Waals surface area contributed by atoms with Gasteiger partial charge in [-0.15, -0.1) is 0 Å². The predicted octanol–water partition coefficient (Wildman–Crippen LogP) is 2.04. The Morgan fingerprint density at radius 3 is 2.70 bits per heavy atom. The summed E-state index contributed by atoms with van der Waals surface area (Å²) in [6.45, 7) is 2.72. The van der Waals surface area contributed by atoms with Crippen molar-refractivity contribution in [2.75, 3.05) is 19.6 Å². The molecule has 1 saturated carbocycles.